The smallest absolute Gasteiger partial charge is 0.255 e. The fraction of sp³-hybridized carbons (Fsp3) is 0.350. The maximum absolute atomic E-state index is 13.4. The molecule has 1 aliphatic carbocycles. The summed E-state index contributed by atoms with van der Waals surface area (Å²) in [6, 6.07) is 3.66. The second-order valence-corrected chi connectivity index (χ2v) is 7.57. The summed E-state index contributed by atoms with van der Waals surface area (Å²) in [5.74, 6) is -2.22. The maximum Gasteiger partial charge on any atom is 0.255 e. The van der Waals surface area contributed by atoms with Crippen LogP contribution in [0.2, 0.25) is 0 Å². The number of aromatic nitrogens is 6. The number of H-pyrrole nitrogens is 1. The number of nitrogens with one attached hydrogen (secondary N) is 1. The number of pyridine rings is 1. The molecule has 0 radical (unpaired) electrons. The predicted molar refractivity (Wildman–Crippen MR) is 105 cm³/mol. The molecular weight excluding hydrogens is 392 g/mol. The van der Waals surface area contributed by atoms with Crippen molar-refractivity contribution in [2.45, 2.75) is 31.1 Å². The number of amides is 1. The summed E-state index contributed by atoms with van der Waals surface area (Å²) >= 11 is 0. The third-order valence-corrected chi connectivity index (χ3v) is 5.61. The molecule has 1 saturated heterocycles. The average Bonchev–Trinajstić information content (AvgIpc) is 3.43. The molecule has 1 unspecified atom stereocenters. The predicted octanol–water partition coefficient (Wildman–Crippen LogP) is 3.01. The molecule has 0 spiro atoms. The molecule has 2 aliphatic rings. The Kier molecular flexibility index (Phi) is 4.41. The molecule has 10 heteroatoms. The summed E-state index contributed by atoms with van der Waals surface area (Å²) in [5.41, 5.74) is 2.11. The minimum absolute atomic E-state index is 0.0596. The van der Waals surface area contributed by atoms with E-state index in [1.54, 1.807) is 6.07 Å². The molecule has 5 rings (SSSR count). The molecule has 4 heterocycles. The zero-order valence-corrected chi connectivity index (χ0v) is 16.0. The van der Waals surface area contributed by atoms with Gasteiger partial charge in [0.05, 0.1) is 5.56 Å². The van der Waals surface area contributed by atoms with E-state index in [0.717, 1.165) is 23.2 Å². The van der Waals surface area contributed by atoms with Crippen LogP contribution < -0.4 is 0 Å². The summed E-state index contributed by atoms with van der Waals surface area (Å²) < 4.78 is 28.7. The zero-order valence-electron chi connectivity index (χ0n) is 16.0. The van der Waals surface area contributed by atoms with Gasteiger partial charge in [-0.1, -0.05) is 17.4 Å². The summed E-state index contributed by atoms with van der Waals surface area (Å²) in [5, 5.41) is 14.9. The van der Waals surface area contributed by atoms with Gasteiger partial charge in [0.1, 0.15) is 5.65 Å². The lowest BCUT2D eigenvalue weighted by Gasteiger charge is -2.31. The van der Waals surface area contributed by atoms with Crippen molar-refractivity contribution in [2.75, 3.05) is 13.1 Å². The molecule has 1 aliphatic heterocycles. The van der Waals surface area contributed by atoms with Gasteiger partial charge in [-0.3, -0.25) is 4.79 Å². The number of carbonyl (C=O) groups excluding carboxylic acids is 1. The van der Waals surface area contributed by atoms with E-state index in [1.807, 2.05) is 29.0 Å². The van der Waals surface area contributed by atoms with Gasteiger partial charge in [-0.2, -0.15) is 5.21 Å². The van der Waals surface area contributed by atoms with Crippen molar-refractivity contribution < 1.29 is 13.6 Å². The van der Waals surface area contributed by atoms with Crippen LogP contribution in [0.25, 0.3) is 16.7 Å². The minimum atomic E-state index is -2.68. The molecule has 0 aromatic carbocycles. The Morgan fingerprint density at radius 3 is 2.80 bits per heavy atom. The van der Waals surface area contributed by atoms with Crippen LogP contribution in [0.3, 0.4) is 0 Å². The van der Waals surface area contributed by atoms with Gasteiger partial charge >= 0.3 is 0 Å². The Labute approximate surface area is 170 Å². The quantitative estimate of drug-likeness (QED) is 0.715. The van der Waals surface area contributed by atoms with Gasteiger partial charge in [0.2, 0.25) is 0 Å². The van der Waals surface area contributed by atoms with E-state index in [-0.39, 0.29) is 37.8 Å². The fourth-order valence-electron chi connectivity index (χ4n) is 3.87. The van der Waals surface area contributed by atoms with Crippen LogP contribution >= 0.6 is 0 Å². The highest BCUT2D eigenvalue weighted by molar-refractivity contribution is 5.97. The fourth-order valence-corrected chi connectivity index (χ4v) is 3.87. The van der Waals surface area contributed by atoms with Crippen molar-refractivity contribution >= 4 is 22.6 Å². The van der Waals surface area contributed by atoms with E-state index in [1.165, 1.54) is 11.1 Å². The van der Waals surface area contributed by atoms with Gasteiger partial charge in [-0.15, -0.1) is 10.2 Å². The summed E-state index contributed by atoms with van der Waals surface area (Å²) in [6.45, 7) is 0.119. The van der Waals surface area contributed by atoms with Gasteiger partial charge in [-0.25, -0.2) is 13.8 Å². The first-order valence-corrected chi connectivity index (χ1v) is 9.76. The Morgan fingerprint density at radius 1 is 1.27 bits per heavy atom. The van der Waals surface area contributed by atoms with Crippen molar-refractivity contribution in [2.24, 2.45) is 0 Å². The maximum atomic E-state index is 13.4. The Morgan fingerprint density at radius 2 is 2.10 bits per heavy atom. The van der Waals surface area contributed by atoms with Crippen molar-refractivity contribution in [1.82, 2.24) is 35.1 Å². The third-order valence-electron chi connectivity index (χ3n) is 5.61. The van der Waals surface area contributed by atoms with Gasteiger partial charge < -0.3 is 9.47 Å². The molecule has 1 fully saturated rings. The number of carbonyl (C=O) groups is 1. The molecule has 30 heavy (non-hydrogen) atoms. The monoisotopic (exact) mass is 411 g/mol. The summed E-state index contributed by atoms with van der Waals surface area (Å²) in [6.07, 6.45) is 9.65. The minimum Gasteiger partial charge on any atom is -0.338 e. The van der Waals surface area contributed by atoms with Crippen molar-refractivity contribution in [3.05, 3.63) is 54.1 Å². The Balaban J connectivity index is 1.35. The van der Waals surface area contributed by atoms with E-state index in [0.29, 0.717) is 11.4 Å². The van der Waals surface area contributed by atoms with Crippen LogP contribution in [0.15, 0.2) is 42.8 Å². The van der Waals surface area contributed by atoms with Crippen LogP contribution in [0, 0.1) is 0 Å². The number of tetrazole rings is 1. The molecule has 1 amide bonds. The number of likely N-dealkylation sites (tertiary alicyclic amines) is 1. The number of halogens is 2. The number of alkyl halides is 2. The van der Waals surface area contributed by atoms with Gasteiger partial charge in [0.15, 0.2) is 5.82 Å². The third kappa shape index (κ3) is 3.38. The first-order valence-electron chi connectivity index (χ1n) is 9.76. The molecule has 154 valence electrons. The van der Waals surface area contributed by atoms with E-state index in [9.17, 15) is 13.6 Å². The van der Waals surface area contributed by atoms with Crippen LogP contribution in [0.5, 0.6) is 0 Å². The highest BCUT2D eigenvalue weighted by Crippen LogP contribution is 2.30. The van der Waals surface area contributed by atoms with Crippen LogP contribution in [-0.2, 0) is 0 Å². The second-order valence-electron chi connectivity index (χ2n) is 7.57. The molecule has 3 aromatic rings. The molecule has 1 N–H and O–H groups in total. The second kappa shape index (κ2) is 7.12. The van der Waals surface area contributed by atoms with E-state index in [4.69, 9.17) is 0 Å². The van der Waals surface area contributed by atoms with Crippen LogP contribution in [0.4, 0.5) is 8.78 Å². The van der Waals surface area contributed by atoms with Crippen molar-refractivity contribution in [1.29, 1.82) is 0 Å². The number of nitrogens with zero attached hydrogens (tertiary/aromatic N) is 6. The molecule has 0 saturated carbocycles. The largest absolute Gasteiger partial charge is 0.338 e. The SMILES string of the molecule is O=C(c1cnc2c(ccn2C2=CCC(c3nn[nH]n3)C=C2)c1)N1CCC(F)(F)CC1. The van der Waals surface area contributed by atoms with E-state index in [2.05, 4.69) is 31.7 Å². The highest BCUT2D eigenvalue weighted by Gasteiger charge is 2.35. The number of aromatic amines is 1. The molecular formula is C20H19F2N7O. The first kappa shape index (κ1) is 18.6. The summed E-state index contributed by atoms with van der Waals surface area (Å²) in [4.78, 5) is 18.7. The van der Waals surface area contributed by atoms with Crippen molar-refractivity contribution in [3.63, 3.8) is 0 Å². The van der Waals surface area contributed by atoms with Gasteiger partial charge in [-0.05, 0) is 24.6 Å². The molecule has 3 aromatic heterocycles. The number of allylic oxidation sites excluding steroid dienone is 4. The van der Waals surface area contributed by atoms with Crippen LogP contribution in [0.1, 0.15) is 41.4 Å². The zero-order chi connectivity index (χ0) is 20.7. The lowest BCUT2D eigenvalue weighted by atomic mass is 9.99. The van der Waals surface area contributed by atoms with E-state index < -0.39 is 5.92 Å². The van der Waals surface area contributed by atoms with Crippen molar-refractivity contribution in [3.8, 4) is 0 Å². The van der Waals surface area contributed by atoms with Crippen LogP contribution in [-0.4, -0.2) is 60.0 Å². The number of piperidine rings is 1. The number of fused-ring (bicyclic) bond motifs is 1. The average molecular weight is 411 g/mol. The first-order chi connectivity index (χ1) is 14.5. The molecule has 8 nitrogen and oxygen atoms in total. The topological polar surface area (TPSA) is 92.6 Å². The van der Waals surface area contributed by atoms with Gasteiger partial charge in [0, 0.05) is 55.3 Å². The van der Waals surface area contributed by atoms with Gasteiger partial charge in [0.25, 0.3) is 11.8 Å². The Hall–Kier alpha value is -3.43. The number of rotatable bonds is 3. The lowest BCUT2D eigenvalue weighted by Crippen LogP contribution is -2.42. The van der Waals surface area contributed by atoms with E-state index >= 15 is 0 Å². The number of hydrogen-bond acceptors (Lipinski definition) is 5. The standard InChI is InChI=1S/C20H19F2N7O/c21-20(22)6-9-28(10-7-20)19(30)15-11-14-5-8-29(18(14)23-12-15)16-3-1-13(2-4-16)17-24-26-27-25-17/h1,3-5,8,11-13H,2,6-7,9-10H2,(H,24,25,26,27). The Bertz CT molecular complexity index is 1140. The molecule has 1 atom stereocenters. The normalized spacial score (nSPS) is 21.1. The molecule has 0 bridgehead atoms. The summed E-state index contributed by atoms with van der Waals surface area (Å²) in [7, 11) is 0. The highest BCUT2D eigenvalue weighted by atomic mass is 19.3. The number of hydrogen-bond donors (Lipinski definition) is 1. The lowest BCUT2D eigenvalue weighted by molar-refractivity contribution is -0.0494.